The van der Waals surface area contributed by atoms with Gasteiger partial charge in [0.2, 0.25) is 0 Å². The lowest BCUT2D eigenvalue weighted by atomic mass is 9.91. The molecule has 5 aromatic rings. The minimum absolute atomic E-state index is 0.161. The zero-order valence-electron chi connectivity index (χ0n) is 13.8. The number of hydrogen-bond acceptors (Lipinski definition) is 2. The van der Waals surface area contributed by atoms with Crippen LogP contribution in [-0.4, -0.2) is 9.91 Å². The van der Waals surface area contributed by atoms with Crippen LogP contribution in [0.5, 0.6) is 0 Å². The van der Waals surface area contributed by atoms with E-state index in [1.807, 2.05) is 79.0 Å². The summed E-state index contributed by atoms with van der Waals surface area (Å²) in [7, 11) is 0. The average Bonchev–Trinajstić information content (AvgIpc) is 3.14. The molecule has 0 unspecified atom stereocenters. The van der Waals surface area contributed by atoms with Gasteiger partial charge in [0.1, 0.15) is 0 Å². The number of hydrogen-bond donors (Lipinski definition) is 1. The smallest absolute Gasteiger partial charge is 0.285 e. The summed E-state index contributed by atoms with van der Waals surface area (Å²) in [5.41, 5.74) is 2.70. The molecule has 1 heterocycles. The summed E-state index contributed by atoms with van der Waals surface area (Å²) in [5, 5.41) is 16.6. The summed E-state index contributed by atoms with van der Waals surface area (Å²) < 4.78 is 0. The summed E-state index contributed by atoms with van der Waals surface area (Å²) in [6.07, 6.45) is 1.88. The Morgan fingerprint density at radius 3 is 2.15 bits per heavy atom. The Morgan fingerprint density at radius 1 is 0.769 bits per heavy atom. The van der Waals surface area contributed by atoms with Crippen LogP contribution in [0.4, 0.5) is 5.69 Å². The lowest BCUT2D eigenvalue weighted by Crippen LogP contribution is -1.96. The second kappa shape index (κ2) is 5.43. The summed E-state index contributed by atoms with van der Waals surface area (Å²) >= 11 is 0. The third-order valence-corrected chi connectivity index (χ3v) is 4.93. The van der Waals surface area contributed by atoms with E-state index >= 15 is 0 Å². The maximum atomic E-state index is 12.1. The standard InChI is InChI=1S/C22H14N2O2/c25-24(26)22-19-8-4-2-6-17(19)16-5-1-3-7-18(16)21(22)15-9-10-20-14(13-15)11-12-23-20/h1-13,23H. The van der Waals surface area contributed by atoms with Gasteiger partial charge in [-0.25, -0.2) is 0 Å². The molecule has 0 amide bonds. The Bertz CT molecular complexity index is 1320. The molecular weight excluding hydrogens is 324 g/mol. The van der Waals surface area contributed by atoms with Crippen LogP contribution in [0.25, 0.3) is 43.6 Å². The first kappa shape index (κ1) is 14.7. The molecule has 0 aliphatic rings. The number of nitro benzene ring substituents is 1. The minimum atomic E-state index is -0.259. The van der Waals surface area contributed by atoms with Crippen molar-refractivity contribution in [2.45, 2.75) is 0 Å². The highest BCUT2D eigenvalue weighted by Crippen LogP contribution is 2.43. The predicted octanol–water partition coefficient (Wildman–Crippen LogP) is 6.05. The monoisotopic (exact) mass is 338 g/mol. The summed E-state index contributed by atoms with van der Waals surface area (Å²) in [4.78, 5) is 15.0. The lowest BCUT2D eigenvalue weighted by Gasteiger charge is -2.12. The highest BCUT2D eigenvalue weighted by Gasteiger charge is 2.24. The third-order valence-electron chi connectivity index (χ3n) is 4.93. The van der Waals surface area contributed by atoms with Crippen LogP contribution in [0.1, 0.15) is 0 Å². The van der Waals surface area contributed by atoms with E-state index in [0.29, 0.717) is 10.9 Å². The van der Waals surface area contributed by atoms with Gasteiger partial charge in [0.05, 0.1) is 15.9 Å². The molecule has 0 aliphatic carbocycles. The summed E-state index contributed by atoms with van der Waals surface area (Å²) in [6.45, 7) is 0. The fraction of sp³-hybridized carbons (Fsp3) is 0. The molecule has 0 aliphatic heterocycles. The summed E-state index contributed by atoms with van der Waals surface area (Å²) in [6, 6.07) is 23.4. The fourth-order valence-corrected chi connectivity index (χ4v) is 3.81. The molecule has 1 N–H and O–H groups in total. The molecular formula is C22H14N2O2. The van der Waals surface area contributed by atoms with Crippen LogP contribution < -0.4 is 0 Å². The number of benzene rings is 4. The maximum Gasteiger partial charge on any atom is 0.285 e. The summed E-state index contributed by atoms with van der Waals surface area (Å²) in [5.74, 6) is 0. The predicted molar refractivity (Wildman–Crippen MR) is 105 cm³/mol. The van der Waals surface area contributed by atoms with Gasteiger partial charge in [0.25, 0.3) is 5.69 Å². The Hall–Kier alpha value is -3.66. The van der Waals surface area contributed by atoms with Crippen molar-refractivity contribution >= 4 is 38.1 Å². The van der Waals surface area contributed by atoms with Crippen molar-refractivity contribution in [3.8, 4) is 11.1 Å². The number of aromatic amines is 1. The number of rotatable bonds is 2. The highest BCUT2D eigenvalue weighted by atomic mass is 16.6. The molecule has 5 rings (SSSR count). The lowest BCUT2D eigenvalue weighted by molar-refractivity contribution is -0.382. The number of fused-ring (bicyclic) bond motifs is 4. The van der Waals surface area contributed by atoms with Crippen molar-refractivity contribution < 1.29 is 4.92 Å². The van der Waals surface area contributed by atoms with E-state index < -0.39 is 0 Å². The van der Waals surface area contributed by atoms with Crippen molar-refractivity contribution in [2.24, 2.45) is 0 Å². The number of nitrogens with zero attached hydrogens (tertiary/aromatic N) is 1. The Morgan fingerprint density at radius 2 is 1.42 bits per heavy atom. The normalized spacial score (nSPS) is 11.4. The molecule has 124 valence electrons. The molecule has 1 aromatic heterocycles. The van der Waals surface area contributed by atoms with Crippen LogP contribution in [-0.2, 0) is 0 Å². The minimum Gasteiger partial charge on any atom is -0.361 e. The molecule has 0 saturated heterocycles. The molecule has 4 nitrogen and oxygen atoms in total. The van der Waals surface area contributed by atoms with Crippen molar-refractivity contribution in [2.75, 3.05) is 0 Å². The van der Waals surface area contributed by atoms with Crippen LogP contribution >= 0.6 is 0 Å². The molecule has 0 saturated carbocycles. The number of aromatic nitrogens is 1. The molecule has 26 heavy (non-hydrogen) atoms. The first-order valence-corrected chi connectivity index (χ1v) is 8.39. The van der Waals surface area contributed by atoms with E-state index in [1.54, 1.807) is 0 Å². The zero-order chi connectivity index (χ0) is 17.7. The van der Waals surface area contributed by atoms with E-state index in [2.05, 4.69) is 4.98 Å². The van der Waals surface area contributed by atoms with E-state index in [1.165, 1.54) is 0 Å². The number of nitrogens with one attached hydrogen (secondary N) is 1. The van der Waals surface area contributed by atoms with E-state index in [9.17, 15) is 10.1 Å². The molecule has 0 fully saturated rings. The second-order valence-electron chi connectivity index (χ2n) is 6.35. The van der Waals surface area contributed by atoms with Gasteiger partial charge >= 0.3 is 0 Å². The Kier molecular flexibility index (Phi) is 3.06. The van der Waals surface area contributed by atoms with Crippen molar-refractivity contribution in [3.05, 3.63) is 89.1 Å². The third kappa shape index (κ3) is 2.02. The SMILES string of the molecule is O=[N+]([O-])c1c(-c2ccc3[nH]ccc3c2)c2ccccc2c2ccccc12. The van der Waals surface area contributed by atoms with Crippen LogP contribution in [0.3, 0.4) is 0 Å². The molecule has 0 radical (unpaired) electrons. The van der Waals surface area contributed by atoms with Gasteiger partial charge in [0, 0.05) is 11.7 Å². The van der Waals surface area contributed by atoms with Crippen LogP contribution in [0.2, 0.25) is 0 Å². The van der Waals surface area contributed by atoms with Gasteiger partial charge < -0.3 is 4.98 Å². The van der Waals surface area contributed by atoms with Gasteiger partial charge in [-0.3, -0.25) is 10.1 Å². The molecule has 0 spiro atoms. The Balaban J connectivity index is 2.02. The van der Waals surface area contributed by atoms with Crippen molar-refractivity contribution in [3.63, 3.8) is 0 Å². The van der Waals surface area contributed by atoms with Gasteiger partial charge in [-0.05, 0) is 51.4 Å². The fourth-order valence-electron chi connectivity index (χ4n) is 3.81. The number of nitro groups is 1. The van der Waals surface area contributed by atoms with E-state index in [0.717, 1.165) is 32.6 Å². The first-order valence-electron chi connectivity index (χ1n) is 8.39. The quantitative estimate of drug-likeness (QED) is 0.242. The zero-order valence-corrected chi connectivity index (χ0v) is 13.8. The van der Waals surface area contributed by atoms with Gasteiger partial charge in [-0.2, -0.15) is 0 Å². The second-order valence-corrected chi connectivity index (χ2v) is 6.35. The van der Waals surface area contributed by atoms with Crippen molar-refractivity contribution in [1.29, 1.82) is 0 Å². The van der Waals surface area contributed by atoms with E-state index in [-0.39, 0.29) is 10.6 Å². The average molecular weight is 338 g/mol. The number of H-pyrrole nitrogens is 1. The van der Waals surface area contributed by atoms with Gasteiger partial charge in [0.15, 0.2) is 0 Å². The van der Waals surface area contributed by atoms with Crippen LogP contribution in [0.15, 0.2) is 79.0 Å². The largest absolute Gasteiger partial charge is 0.361 e. The molecule has 0 atom stereocenters. The topological polar surface area (TPSA) is 58.9 Å². The highest BCUT2D eigenvalue weighted by molar-refractivity contribution is 6.19. The van der Waals surface area contributed by atoms with E-state index in [4.69, 9.17) is 0 Å². The van der Waals surface area contributed by atoms with Crippen molar-refractivity contribution in [1.82, 2.24) is 4.98 Å². The molecule has 4 aromatic carbocycles. The van der Waals surface area contributed by atoms with Gasteiger partial charge in [-0.1, -0.05) is 48.5 Å². The first-order chi connectivity index (χ1) is 12.7. The Labute approximate surface area is 148 Å². The molecule has 0 bridgehead atoms. The maximum absolute atomic E-state index is 12.1. The van der Waals surface area contributed by atoms with Crippen LogP contribution in [0, 0.1) is 10.1 Å². The van der Waals surface area contributed by atoms with Gasteiger partial charge in [-0.15, -0.1) is 0 Å². The molecule has 4 heteroatoms.